The fourth-order valence-electron chi connectivity index (χ4n) is 3.33. The Balaban J connectivity index is 2.42. The topological polar surface area (TPSA) is 79.3 Å². The van der Waals surface area contributed by atoms with Crippen molar-refractivity contribution in [3.63, 3.8) is 0 Å². The standard InChI is InChI=1S/C19H33N5O2/c1-18(2,3)14-12-11-23(8)10-9-13(12)24(22-14)17(26)21-15(16(25)20-7)19(4,5)6/h15H,9-11H2,1-8H3,(H,20,25)(H,21,26). The molecule has 0 radical (unpaired) electrons. The van der Waals surface area contributed by atoms with E-state index >= 15 is 0 Å². The first-order valence-electron chi connectivity index (χ1n) is 9.18. The number of fused-ring (bicyclic) bond motifs is 1. The second-order valence-electron chi connectivity index (χ2n) is 9.29. The van der Waals surface area contributed by atoms with Gasteiger partial charge in [0.05, 0.1) is 11.4 Å². The van der Waals surface area contributed by atoms with E-state index in [1.807, 2.05) is 20.8 Å². The van der Waals surface area contributed by atoms with Crippen LogP contribution in [0.2, 0.25) is 0 Å². The van der Waals surface area contributed by atoms with Crippen molar-refractivity contribution in [2.75, 3.05) is 20.6 Å². The van der Waals surface area contributed by atoms with Crippen LogP contribution in [0, 0.1) is 5.41 Å². The quantitative estimate of drug-likeness (QED) is 0.841. The molecular formula is C19H33N5O2. The fourth-order valence-corrected chi connectivity index (χ4v) is 3.33. The Kier molecular flexibility index (Phi) is 5.52. The van der Waals surface area contributed by atoms with E-state index in [0.717, 1.165) is 36.5 Å². The van der Waals surface area contributed by atoms with Crippen LogP contribution in [0.1, 0.15) is 58.5 Å². The molecule has 0 fully saturated rings. The van der Waals surface area contributed by atoms with Crippen LogP contribution < -0.4 is 10.6 Å². The molecule has 2 rings (SSSR count). The maximum atomic E-state index is 13.0. The molecule has 1 aliphatic rings. The number of carbonyl (C=O) groups excluding carboxylic acids is 2. The van der Waals surface area contributed by atoms with Crippen LogP contribution in [-0.2, 0) is 23.2 Å². The molecule has 1 aliphatic heterocycles. The maximum absolute atomic E-state index is 13.0. The number of amides is 2. The SMILES string of the molecule is CNC(=O)C(NC(=O)n1nc(C(C)(C)C)c2c1CCN(C)C2)C(C)(C)C. The molecule has 0 saturated carbocycles. The Bertz CT molecular complexity index is 694. The number of hydrogen-bond acceptors (Lipinski definition) is 4. The highest BCUT2D eigenvalue weighted by atomic mass is 16.2. The summed E-state index contributed by atoms with van der Waals surface area (Å²) in [6.45, 7) is 13.8. The van der Waals surface area contributed by atoms with E-state index < -0.39 is 11.5 Å². The predicted molar refractivity (Wildman–Crippen MR) is 102 cm³/mol. The summed E-state index contributed by atoms with van der Waals surface area (Å²) in [6, 6.07) is -0.978. The third-order valence-electron chi connectivity index (χ3n) is 4.79. The van der Waals surface area contributed by atoms with Gasteiger partial charge in [-0.15, -0.1) is 0 Å². The van der Waals surface area contributed by atoms with E-state index in [0.29, 0.717) is 0 Å². The van der Waals surface area contributed by atoms with Crippen molar-refractivity contribution in [3.8, 4) is 0 Å². The van der Waals surface area contributed by atoms with E-state index in [1.54, 1.807) is 7.05 Å². The van der Waals surface area contributed by atoms with Gasteiger partial charge in [0.1, 0.15) is 6.04 Å². The van der Waals surface area contributed by atoms with Crippen LogP contribution in [0.5, 0.6) is 0 Å². The summed E-state index contributed by atoms with van der Waals surface area (Å²) < 4.78 is 1.48. The number of likely N-dealkylation sites (N-methyl/N-ethyl adjacent to an activating group) is 2. The molecule has 2 heterocycles. The average molecular weight is 364 g/mol. The molecule has 0 aliphatic carbocycles. The summed E-state index contributed by atoms with van der Waals surface area (Å²) in [5.41, 5.74) is 2.47. The molecule has 0 spiro atoms. The highest BCUT2D eigenvalue weighted by Gasteiger charge is 2.35. The van der Waals surface area contributed by atoms with Crippen molar-refractivity contribution in [3.05, 3.63) is 17.0 Å². The molecule has 0 saturated heterocycles. The van der Waals surface area contributed by atoms with Crippen molar-refractivity contribution >= 4 is 11.9 Å². The van der Waals surface area contributed by atoms with Gasteiger partial charge >= 0.3 is 6.03 Å². The van der Waals surface area contributed by atoms with Gasteiger partial charge in [0, 0.05) is 37.5 Å². The number of nitrogens with one attached hydrogen (secondary N) is 2. The van der Waals surface area contributed by atoms with Gasteiger partial charge in [0.15, 0.2) is 0 Å². The zero-order valence-corrected chi connectivity index (χ0v) is 17.4. The summed E-state index contributed by atoms with van der Waals surface area (Å²) in [6.07, 6.45) is 0.766. The summed E-state index contributed by atoms with van der Waals surface area (Å²) in [5, 5.41) is 10.2. The van der Waals surface area contributed by atoms with Crippen molar-refractivity contribution in [1.82, 2.24) is 25.3 Å². The largest absolute Gasteiger partial charge is 0.357 e. The lowest BCUT2D eigenvalue weighted by atomic mass is 9.86. The van der Waals surface area contributed by atoms with Crippen LogP contribution in [-0.4, -0.2) is 53.3 Å². The Morgan fingerprint density at radius 1 is 1.15 bits per heavy atom. The molecule has 1 unspecified atom stereocenters. The normalized spacial score (nSPS) is 16.8. The third-order valence-corrected chi connectivity index (χ3v) is 4.79. The summed E-state index contributed by atoms with van der Waals surface area (Å²) in [4.78, 5) is 27.5. The lowest BCUT2D eigenvalue weighted by Crippen LogP contribution is -2.54. The second kappa shape index (κ2) is 7.02. The number of aromatic nitrogens is 2. The number of rotatable bonds is 2. The van der Waals surface area contributed by atoms with Gasteiger partial charge in [-0.1, -0.05) is 41.5 Å². The van der Waals surface area contributed by atoms with Crippen molar-refractivity contribution < 1.29 is 9.59 Å². The van der Waals surface area contributed by atoms with Crippen LogP contribution in [0.3, 0.4) is 0 Å². The first kappa shape index (κ1) is 20.4. The first-order valence-corrected chi connectivity index (χ1v) is 9.18. The number of carbonyl (C=O) groups is 2. The molecule has 1 atom stereocenters. The van der Waals surface area contributed by atoms with Gasteiger partial charge in [0.25, 0.3) is 0 Å². The van der Waals surface area contributed by atoms with E-state index in [4.69, 9.17) is 0 Å². The lowest BCUT2D eigenvalue weighted by molar-refractivity contribution is -0.124. The van der Waals surface area contributed by atoms with Gasteiger partial charge in [-0.05, 0) is 12.5 Å². The van der Waals surface area contributed by atoms with E-state index in [1.165, 1.54) is 4.68 Å². The smallest absolute Gasteiger partial charge is 0.342 e. The Morgan fingerprint density at radius 2 is 1.77 bits per heavy atom. The molecule has 146 valence electrons. The molecular weight excluding hydrogens is 330 g/mol. The van der Waals surface area contributed by atoms with Crippen LogP contribution >= 0.6 is 0 Å². The minimum absolute atomic E-state index is 0.155. The lowest BCUT2D eigenvalue weighted by Gasteiger charge is -2.30. The summed E-state index contributed by atoms with van der Waals surface area (Å²) in [5.74, 6) is -0.206. The molecule has 0 aromatic carbocycles. The Hall–Kier alpha value is -1.89. The molecule has 7 nitrogen and oxygen atoms in total. The van der Waals surface area contributed by atoms with Gasteiger partial charge < -0.3 is 15.5 Å². The summed E-state index contributed by atoms with van der Waals surface area (Å²) in [7, 11) is 3.66. The van der Waals surface area contributed by atoms with Crippen LogP contribution in [0.4, 0.5) is 4.79 Å². The Morgan fingerprint density at radius 3 is 2.27 bits per heavy atom. The first-order chi connectivity index (χ1) is 11.9. The molecule has 1 aromatic heterocycles. The zero-order chi connectivity index (χ0) is 19.9. The van der Waals surface area contributed by atoms with E-state index in [-0.39, 0.29) is 17.4 Å². The second-order valence-corrected chi connectivity index (χ2v) is 9.29. The highest BCUT2D eigenvalue weighted by Crippen LogP contribution is 2.30. The number of hydrogen-bond donors (Lipinski definition) is 2. The Labute approximate surface area is 156 Å². The third kappa shape index (κ3) is 4.09. The van der Waals surface area contributed by atoms with Gasteiger partial charge in [-0.3, -0.25) is 4.79 Å². The zero-order valence-electron chi connectivity index (χ0n) is 17.4. The molecule has 26 heavy (non-hydrogen) atoms. The van der Waals surface area contributed by atoms with Crippen molar-refractivity contribution in [2.45, 2.75) is 66.0 Å². The highest BCUT2D eigenvalue weighted by molar-refractivity contribution is 5.88. The number of nitrogens with zero attached hydrogens (tertiary/aromatic N) is 3. The summed E-state index contributed by atoms with van der Waals surface area (Å²) >= 11 is 0. The minimum atomic E-state index is -0.635. The molecule has 2 amide bonds. The van der Waals surface area contributed by atoms with Crippen molar-refractivity contribution in [2.24, 2.45) is 5.41 Å². The molecule has 0 bridgehead atoms. The van der Waals surface area contributed by atoms with Crippen LogP contribution in [0.15, 0.2) is 0 Å². The molecule has 1 aromatic rings. The fraction of sp³-hybridized carbons (Fsp3) is 0.737. The van der Waals surface area contributed by atoms with Crippen LogP contribution in [0.25, 0.3) is 0 Å². The predicted octanol–water partition coefficient (Wildman–Crippen LogP) is 1.89. The van der Waals surface area contributed by atoms with Gasteiger partial charge in [-0.25, -0.2) is 4.79 Å². The van der Waals surface area contributed by atoms with E-state index in [9.17, 15) is 9.59 Å². The minimum Gasteiger partial charge on any atom is -0.357 e. The van der Waals surface area contributed by atoms with E-state index in [2.05, 4.69) is 48.5 Å². The van der Waals surface area contributed by atoms with Crippen molar-refractivity contribution in [1.29, 1.82) is 0 Å². The molecule has 2 N–H and O–H groups in total. The van der Waals surface area contributed by atoms with Gasteiger partial charge in [0.2, 0.25) is 5.91 Å². The average Bonchev–Trinajstić information content (AvgIpc) is 2.89. The monoisotopic (exact) mass is 363 g/mol. The van der Waals surface area contributed by atoms with Gasteiger partial charge in [-0.2, -0.15) is 9.78 Å². The molecule has 7 heteroatoms. The maximum Gasteiger partial charge on any atom is 0.342 e.